The van der Waals surface area contributed by atoms with E-state index in [1.807, 2.05) is 13.1 Å². The summed E-state index contributed by atoms with van der Waals surface area (Å²) < 4.78 is 0. The second-order valence-corrected chi connectivity index (χ2v) is 10.2. The monoisotopic (exact) mass is 308 g/mol. The molecule has 0 aliphatic heterocycles. The summed E-state index contributed by atoms with van der Waals surface area (Å²) in [5.41, 5.74) is 0. The zero-order chi connectivity index (χ0) is 4.50. The van der Waals surface area contributed by atoms with Crippen molar-refractivity contribution in [1.82, 2.24) is 0 Å². The Hall–Kier alpha value is 1.67. The Morgan fingerprint density at radius 2 is 1.17 bits per heavy atom. The van der Waals surface area contributed by atoms with Gasteiger partial charge in [-0.2, -0.15) is 0 Å². The van der Waals surface area contributed by atoms with Crippen LogP contribution in [0.2, 0.25) is 13.1 Å². The van der Waals surface area contributed by atoms with Gasteiger partial charge >= 0.3 is 0 Å². The van der Waals surface area contributed by atoms with Gasteiger partial charge in [0.05, 0.1) is 0 Å². The van der Waals surface area contributed by atoms with Gasteiger partial charge in [-0.3, -0.25) is 0 Å². The van der Waals surface area contributed by atoms with Gasteiger partial charge in [-0.05, 0) is 13.1 Å². The van der Waals surface area contributed by atoms with Crippen molar-refractivity contribution < 1.29 is 25.8 Å². The molecule has 0 bridgehead atoms. The van der Waals surface area contributed by atoms with Crippen LogP contribution in [0.25, 0.3) is 0 Å². The molecular weight excluding hydrogens is 302 g/mol. The Bertz CT molecular complexity index is 27.0. The van der Waals surface area contributed by atoms with Crippen molar-refractivity contribution in [2.75, 3.05) is 0 Å². The molecule has 6 heavy (non-hydrogen) atoms. The molecule has 0 fully saturated rings. The maximum atomic E-state index is 5.43. The van der Waals surface area contributed by atoms with Crippen LogP contribution in [0.5, 0.6) is 0 Å². The third-order valence-corrected chi connectivity index (χ3v) is 0. The zero-order valence-corrected chi connectivity index (χ0v) is 9.86. The van der Waals surface area contributed by atoms with Gasteiger partial charge in [0.25, 0.3) is 0 Å². The minimum Gasteiger partial charge on any atom is -0.146 e. The fraction of sp³-hybridized carbons (Fsp3) is 1.00. The van der Waals surface area contributed by atoms with E-state index in [0.29, 0.717) is 0 Å². The predicted octanol–water partition coefficient (Wildman–Crippen LogP) is 2.16. The van der Waals surface area contributed by atoms with E-state index >= 15 is 0 Å². The Kier molecular flexibility index (Phi) is 6.44. The third kappa shape index (κ3) is 44.4. The van der Waals surface area contributed by atoms with Crippen molar-refractivity contribution in [2.45, 2.75) is 13.1 Å². The Morgan fingerprint density at radius 3 is 1.17 bits per heavy atom. The van der Waals surface area contributed by atoms with Gasteiger partial charge in [-0.25, -0.2) is 0 Å². The first kappa shape index (κ1) is 10.6. The summed E-state index contributed by atoms with van der Waals surface area (Å²) in [6.07, 6.45) is 0. The summed E-state index contributed by atoms with van der Waals surface area (Å²) in [6.45, 7) is 2.05. The molecular formula is C2H6Cl2HfSi. The number of hydrogen-bond acceptors (Lipinski definition) is 0. The van der Waals surface area contributed by atoms with Crippen LogP contribution in [0.4, 0.5) is 0 Å². The standard InChI is InChI=1S/C2H6Cl2Si.Hf/c1-5(2,3)4;/h1-2H3;. The van der Waals surface area contributed by atoms with E-state index < -0.39 is 6.69 Å². The molecule has 0 nitrogen and oxygen atoms in total. The van der Waals surface area contributed by atoms with E-state index in [1.54, 1.807) is 0 Å². The quantitative estimate of drug-likeness (QED) is 0.475. The van der Waals surface area contributed by atoms with E-state index in [0.717, 1.165) is 0 Å². The topological polar surface area (TPSA) is 0 Å². The van der Waals surface area contributed by atoms with Gasteiger partial charge in [-0.15, -0.1) is 22.2 Å². The molecule has 4 heteroatoms. The van der Waals surface area contributed by atoms with Crippen LogP contribution in [-0.4, -0.2) is 6.69 Å². The predicted molar refractivity (Wildman–Crippen MR) is 29.2 cm³/mol. The summed E-state index contributed by atoms with van der Waals surface area (Å²) in [7, 11) is 0. The van der Waals surface area contributed by atoms with E-state index in [1.165, 1.54) is 0 Å². The molecule has 0 radical (unpaired) electrons. The van der Waals surface area contributed by atoms with Gasteiger partial charge in [-0.1, -0.05) is 0 Å². The van der Waals surface area contributed by atoms with Crippen molar-refractivity contribution in [3.63, 3.8) is 0 Å². The molecule has 0 saturated heterocycles. The van der Waals surface area contributed by atoms with Crippen LogP contribution in [0.1, 0.15) is 0 Å². The molecule has 0 atom stereocenters. The summed E-state index contributed by atoms with van der Waals surface area (Å²) in [4.78, 5) is 0. The summed E-state index contributed by atoms with van der Waals surface area (Å²) in [5, 5.41) is 0. The smallest absolute Gasteiger partial charge is 0.146 e. The van der Waals surface area contributed by atoms with Gasteiger partial charge in [0.15, 0.2) is 0 Å². The molecule has 0 rings (SSSR count). The SMILES string of the molecule is C[Si](C)(Cl)Cl.[Hf]. The van der Waals surface area contributed by atoms with Crippen LogP contribution in [-0.2, 0) is 25.8 Å². The van der Waals surface area contributed by atoms with Crippen LogP contribution in [0.15, 0.2) is 0 Å². The molecule has 0 aromatic rings. The van der Waals surface area contributed by atoms with Crippen molar-refractivity contribution in [3.05, 3.63) is 0 Å². The Morgan fingerprint density at radius 1 is 1.17 bits per heavy atom. The van der Waals surface area contributed by atoms with Gasteiger partial charge in [0, 0.05) is 25.8 Å². The molecule has 0 spiro atoms. The van der Waals surface area contributed by atoms with E-state index in [2.05, 4.69) is 0 Å². The maximum Gasteiger partial charge on any atom is 0.245 e. The first-order chi connectivity index (χ1) is 2.00. The third-order valence-electron chi connectivity index (χ3n) is 0. The first-order valence-corrected chi connectivity index (χ1v) is 6.40. The number of halogens is 2. The second-order valence-electron chi connectivity index (χ2n) is 1.33. The molecule has 0 aromatic carbocycles. The van der Waals surface area contributed by atoms with Crippen LogP contribution >= 0.6 is 22.2 Å². The average Bonchev–Trinajstić information content (AvgIpc) is 0.722. The van der Waals surface area contributed by atoms with Crippen LogP contribution in [0, 0.1) is 0 Å². The fourth-order valence-corrected chi connectivity index (χ4v) is 0. The maximum absolute atomic E-state index is 5.43. The largest absolute Gasteiger partial charge is 0.245 e. The average molecular weight is 308 g/mol. The minimum atomic E-state index is -1.67. The van der Waals surface area contributed by atoms with Crippen molar-refractivity contribution in [1.29, 1.82) is 0 Å². The molecule has 0 amide bonds. The molecule has 36 valence electrons. The van der Waals surface area contributed by atoms with Gasteiger partial charge < -0.3 is 0 Å². The zero-order valence-electron chi connectivity index (χ0n) is 3.76. The molecule has 0 saturated carbocycles. The van der Waals surface area contributed by atoms with Crippen LogP contribution in [0.3, 0.4) is 0 Å². The summed E-state index contributed by atoms with van der Waals surface area (Å²) in [5.74, 6) is 0. The number of rotatable bonds is 0. The molecule has 0 aliphatic carbocycles. The molecule has 0 heterocycles. The van der Waals surface area contributed by atoms with E-state index in [-0.39, 0.29) is 25.8 Å². The van der Waals surface area contributed by atoms with Gasteiger partial charge in [0.1, 0.15) is 0 Å². The first-order valence-electron chi connectivity index (χ1n) is 1.38. The summed E-state index contributed by atoms with van der Waals surface area (Å²) in [6, 6.07) is 0. The molecule has 0 N–H and O–H groups in total. The molecule has 0 unspecified atom stereocenters. The fourth-order valence-electron chi connectivity index (χ4n) is 0. The van der Waals surface area contributed by atoms with Crippen molar-refractivity contribution in [3.8, 4) is 0 Å². The van der Waals surface area contributed by atoms with Crippen LogP contribution < -0.4 is 0 Å². The second kappa shape index (κ2) is 3.64. The molecule has 0 aliphatic rings. The van der Waals surface area contributed by atoms with Crippen molar-refractivity contribution >= 4 is 28.9 Å². The minimum absolute atomic E-state index is 0. The summed E-state index contributed by atoms with van der Waals surface area (Å²) >= 11 is 10.9. The van der Waals surface area contributed by atoms with Gasteiger partial charge in [0.2, 0.25) is 6.69 Å². The Balaban J connectivity index is 0. The van der Waals surface area contributed by atoms with E-state index in [4.69, 9.17) is 22.2 Å². The number of hydrogen-bond donors (Lipinski definition) is 0. The van der Waals surface area contributed by atoms with Crippen molar-refractivity contribution in [2.24, 2.45) is 0 Å². The van der Waals surface area contributed by atoms with E-state index in [9.17, 15) is 0 Å². The molecule has 0 aromatic heterocycles. The normalized spacial score (nSPS) is 10.0. The Labute approximate surface area is 67.4 Å².